The summed E-state index contributed by atoms with van der Waals surface area (Å²) in [6, 6.07) is 0. The molecule has 0 radical (unpaired) electrons. The van der Waals surface area contributed by atoms with E-state index in [0.717, 1.165) is 45.1 Å². The van der Waals surface area contributed by atoms with Crippen molar-refractivity contribution in [2.45, 2.75) is 161 Å². The van der Waals surface area contributed by atoms with Crippen molar-refractivity contribution in [1.29, 1.82) is 0 Å². The van der Waals surface area contributed by atoms with Crippen LogP contribution < -0.4 is 0 Å². The van der Waals surface area contributed by atoms with Gasteiger partial charge in [0.25, 0.3) is 0 Å². The first kappa shape index (κ1) is 45.4. The first-order chi connectivity index (χ1) is 21.3. The van der Waals surface area contributed by atoms with E-state index in [-0.39, 0.29) is 46.8 Å². The molecule has 0 saturated heterocycles. The van der Waals surface area contributed by atoms with Crippen molar-refractivity contribution in [3.05, 3.63) is 24.3 Å². The van der Waals surface area contributed by atoms with Crippen LogP contribution in [0.25, 0.3) is 0 Å². The second-order valence-electron chi connectivity index (χ2n) is 18.6. The summed E-state index contributed by atoms with van der Waals surface area (Å²) in [4.78, 5) is 29.0. The van der Waals surface area contributed by atoms with Crippen LogP contribution in [0.3, 0.4) is 0 Å². The van der Waals surface area contributed by atoms with E-state index in [1.807, 2.05) is 34.0 Å². The van der Waals surface area contributed by atoms with Gasteiger partial charge in [-0.3, -0.25) is 9.59 Å². The lowest BCUT2D eigenvalue weighted by atomic mass is 9.64. The lowest BCUT2D eigenvalue weighted by molar-refractivity contribution is -0.167. The van der Waals surface area contributed by atoms with Gasteiger partial charge in [0.1, 0.15) is 12.7 Å². The van der Waals surface area contributed by atoms with Gasteiger partial charge < -0.3 is 14.4 Å². The summed E-state index contributed by atoms with van der Waals surface area (Å²) in [5, 5.41) is 0. The standard InChI is InChI=1S/C42H79NO4/c1-18-41(14,29-33(5)6)23-21-27-46-37(45)40(12,13)31-42(15,19-2)36(47-35(44)22-20-26-43(16)17)34(7)30-39(10,11)25-24-38(8,9)28-32(3)4/h21,23-25,32-34,36H,18-20,22,26-31H2,1-17H3. The topological polar surface area (TPSA) is 55.8 Å². The Hall–Kier alpha value is -1.62. The molecule has 0 aromatic heterocycles. The molecule has 0 rings (SSSR count). The van der Waals surface area contributed by atoms with Crippen LogP contribution in [-0.2, 0) is 19.1 Å². The fourth-order valence-corrected chi connectivity index (χ4v) is 7.69. The number of hydrogen-bond donors (Lipinski definition) is 0. The molecule has 0 spiro atoms. The summed E-state index contributed by atoms with van der Waals surface area (Å²) in [5.74, 6) is 0.969. The molecule has 0 fully saturated rings. The first-order valence-corrected chi connectivity index (χ1v) is 18.7. The highest BCUT2D eigenvalue weighted by molar-refractivity contribution is 5.76. The average molecular weight is 662 g/mol. The third kappa shape index (κ3) is 18.1. The van der Waals surface area contributed by atoms with Gasteiger partial charge in [0.05, 0.1) is 5.41 Å². The zero-order valence-corrected chi connectivity index (χ0v) is 34.3. The number of hydrogen-bond acceptors (Lipinski definition) is 5. The normalized spacial score (nSPS) is 17.4. The van der Waals surface area contributed by atoms with E-state index < -0.39 is 10.8 Å². The maximum atomic E-state index is 13.6. The largest absolute Gasteiger partial charge is 0.461 e. The van der Waals surface area contributed by atoms with Gasteiger partial charge in [0.2, 0.25) is 0 Å². The highest BCUT2D eigenvalue weighted by atomic mass is 16.5. The van der Waals surface area contributed by atoms with E-state index in [1.54, 1.807) is 0 Å². The molecule has 4 unspecified atom stereocenters. The zero-order valence-electron chi connectivity index (χ0n) is 34.3. The molecule has 0 aliphatic carbocycles. The van der Waals surface area contributed by atoms with Crippen LogP contribution in [0.15, 0.2) is 24.3 Å². The second-order valence-corrected chi connectivity index (χ2v) is 18.6. The number of ether oxygens (including phenoxy) is 2. The Balaban J connectivity index is 6.12. The van der Waals surface area contributed by atoms with Gasteiger partial charge in [-0.25, -0.2) is 0 Å². The summed E-state index contributed by atoms with van der Waals surface area (Å²) in [7, 11) is 4.04. The van der Waals surface area contributed by atoms with Crippen LogP contribution in [0.5, 0.6) is 0 Å². The van der Waals surface area contributed by atoms with Crippen molar-refractivity contribution in [3.8, 4) is 0 Å². The molecule has 0 amide bonds. The molecule has 276 valence electrons. The number of nitrogens with zero attached hydrogens (tertiary/aromatic N) is 1. The molecule has 5 heteroatoms. The van der Waals surface area contributed by atoms with Crippen molar-refractivity contribution in [2.75, 3.05) is 27.2 Å². The number of esters is 2. The van der Waals surface area contributed by atoms with Crippen molar-refractivity contribution in [1.82, 2.24) is 4.90 Å². The Labute approximate surface area is 293 Å². The first-order valence-electron chi connectivity index (χ1n) is 18.7. The van der Waals surface area contributed by atoms with Gasteiger partial charge in [0.15, 0.2) is 0 Å². The maximum Gasteiger partial charge on any atom is 0.311 e. The van der Waals surface area contributed by atoms with E-state index in [4.69, 9.17) is 9.47 Å². The maximum absolute atomic E-state index is 13.6. The molecule has 0 bridgehead atoms. The Morgan fingerprint density at radius 2 is 1.28 bits per heavy atom. The van der Waals surface area contributed by atoms with Crippen molar-refractivity contribution >= 4 is 11.9 Å². The predicted molar refractivity (Wildman–Crippen MR) is 202 cm³/mol. The van der Waals surface area contributed by atoms with Gasteiger partial charge in [0, 0.05) is 11.8 Å². The Bertz CT molecular complexity index is 989. The van der Waals surface area contributed by atoms with Crippen molar-refractivity contribution in [2.24, 2.45) is 44.8 Å². The average Bonchev–Trinajstić information content (AvgIpc) is 2.91. The van der Waals surface area contributed by atoms with Gasteiger partial charge in [-0.15, -0.1) is 0 Å². The SMILES string of the molecule is CCC(C)(C=CCOC(=O)C(C)(C)CC(C)(CC)C(OC(=O)CCCN(C)C)C(C)CC(C)(C)C=CC(C)(C)CC(C)C)CC(C)C. The highest BCUT2D eigenvalue weighted by Gasteiger charge is 2.46. The Morgan fingerprint density at radius 3 is 1.74 bits per heavy atom. The van der Waals surface area contributed by atoms with E-state index >= 15 is 0 Å². The molecule has 4 atom stereocenters. The molecular formula is C42H79NO4. The highest BCUT2D eigenvalue weighted by Crippen LogP contribution is 2.46. The van der Waals surface area contributed by atoms with Crippen LogP contribution in [0.2, 0.25) is 0 Å². The third-order valence-corrected chi connectivity index (χ3v) is 9.94. The molecule has 0 aromatic rings. The minimum Gasteiger partial charge on any atom is -0.461 e. The molecule has 0 aromatic carbocycles. The van der Waals surface area contributed by atoms with Crippen LogP contribution in [0.4, 0.5) is 0 Å². The molecule has 0 saturated carbocycles. The molecule has 5 nitrogen and oxygen atoms in total. The lowest BCUT2D eigenvalue weighted by Crippen LogP contribution is -2.46. The molecule has 47 heavy (non-hydrogen) atoms. The smallest absolute Gasteiger partial charge is 0.311 e. The monoisotopic (exact) mass is 662 g/mol. The summed E-state index contributed by atoms with van der Waals surface area (Å²) in [6.45, 7) is 34.3. The molecular weight excluding hydrogens is 582 g/mol. The number of carbonyl (C=O) groups is 2. The fraction of sp³-hybridized carbons (Fsp3) is 0.857. The molecule has 0 heterocycles. The quantitative estimate of drug-likeness (QED) is 0.0805. The summed E-state index contributed by atoms with van der Waals surface area (Å²) in [5.41, 5.74) is -1.01. The van der Waals surface area contributed by atoms with Crippen LogP contribution in [-0.4, -0.2) is 50.2 Å². The van der Waals surface area contributed by atoms with Crippen molar-refractivity contribution < 1.29 is 19.1 Å². The second kappa shape index (κ2) is 19.5. The number of allylic oxidation sites excluding steroid dienone is 3. The Morgan fingerprint density at radius 1 is 0.745 bits per heavy atom. The van der Waals surface area contributed by atoms with Crippen molar-refractivity contribution in [3.63, 3.8) is 0 Å². The van der Waals surface area contributed by atoms with Crippen LogP contribution in [0.1, 0.15) is 155 Å². The minimum absolute atomic E-state index is 0.0821. The fourth-order valence-electron chi connectivity index (χ4n) is 7.69. The summed E-state index contributed by atoms with van der Waals surface area (Å²) < 4.78 is 12.3. The van der Waals surface area contributed by atoms with Gasteiger partial charge in [-0.1, -0.05) is 114 Å². The van der Waals surface area contributed by atoms with Crippen LogP contribution in [0, 0.1) is 44.8 Å². The predicted octanol–water partition coefficient (Wildman–Crippen LogP) is 11.3. The number of rotatable bonds is 23. The van der Waals surface area contributed by atoms with Crippen LogP contribution >= 0.6 is 0 Å². The van der Waals surface area contributed by atoms with Gasteiger partial charge in [-0.05, 0) is 113 Å². The van der Waals surface area contributed by atoms with E-state index in [1.165, 1.54) is 0 Å². The Kier molecular flexibility index (Phi) is 18.9. The number of carbonyl (C=O) groups excluding carboxylic acids is 2. The molecule has 0 aliphatic rings. The van der Waals surface area contributed by atoms with Gasteiger partial charge >= 0.3 is 11.9 Å². The minimum atomic E-state index is -0.740. The zero-order chi connectivity index (χ0) is 36.9. The molecule has 0 N–H and O–H groups in total. The van der Waals surface area contributed by atoms with E-state index in [2.05, 4.69) is 113 Å². The summed E-state index contributed by atoms with van der Waals surface area (Å²) >= 11 is 0. The van der Waals surface area contributed by atoms with E-state index in [0.29, 0.717) is 24.7 Å². The van der Waals surface area contributed by atoms with E-state index in [9.17, 15) is 9.59 Å². The lowest BCUT2D eigenvalue weighted by Gasteiger charge is -2.44. The third-order valence-electron chi connectivity index (χ3n) is 9.94. The molecule has 0 aliphatic heterocycles. The van der Waals surface area contributed by atoms with Gasteiger partial charge in [-0.2, -0.15) is 0 Å². The summed E-state index contributed by atoms with van der Waals surface area (Å²) in [6.07, 6.45) is 15.3.